The van der Waals surface area contributed by atoms with E-state index in [1.807, 2.05) is 12.1 Å². The van der Waals surface area contributed by atoms with E-state index in [-0.39, 0.29) is 49.9 Å². The third-order valence-corrected chi connectivity index (χ3v) is 16.2. The summed E-state index contributed by atoms with van der Waals surface area (Å²) < 4.78 is 56.4. The molecule has 6 aromatic heterocycles. The van der Waals surface area contributed by atoms with Gasteiger partial charge in [0.15, 0.2) is 0 Å². The summed E-state index contributed by atoms with van der Waals surface area (Å²) in [4.78, 5) is 84.9. The number of thiophene rings is 2. The number of carbonyl (C=O) groups is 2. The molecule has 0 spiro atoms. The number of benzene rings is 2. The second-order valence-electron chi connectivity index (χ2n) is 18.4. The molecule has 2 amide bonds. The third kappa shape index (κ3) is 11.0. The van der Waals surface area contributed by atoms with Crippen LogP contribution in [-0.2, 0) is 32.2 Å². The second kappa shape index (κ2) is 24.5. The Morgan fingerprint density at radius 3 is 1.38 bits per heavy atom. The maximum Gasteiger partial charge on any atom is 0.332 e. The van der Waals surface area contributed by atoms with Gasteiger partial charge in [-0.15, -0.1) is 9.59 Å². The number of rotatable bonds is 18. The first kappa shape index (κ1) is 56.0. The molecule has 0 bridgehead atoms. The number of halogens is 2. The van der Waals surface area contributed by atoms with Crippen LogP contribution in [0.15, 0.2) is 80.4 Å². The highest BCUT2D eigenvalue weighted by Crippen LogP contribution is 2.37. The van der Waals surface area contributed by atoms with Crippen LogP contribution >= 0.6 is 22.7 Å². The van der Waals surface area contributed by atoms with Gasteiger partial charge in [-0.1, -0.05) is 22.7 Å². The van der Waals surface area contributed by atoms with Crippen molar-refractivity contribution in [3.63, 3.8) is 0 Å². The number of nitrogens with one attached hydrogen (secondary N) is 2. The molecule has 2 aliphatic heterocycles. The van der Waals surface area contributed by atoms with Gasteiger partial charge >= 0.3 is 11.4 Å². The summed E-state index contributed by atoms with van der Waals surface area (Å²) in [6, 6.07) is 9.93. The van der Waals surface area contributed by atoms with Crippen LogP contribution in [0, 0.1) is 48.1 Å². The van der Waals surface area contributed by atoms with E-state index in [9.17, 15) is 37.5 Å². The average Bonchev–Trinajstić information content (AvgIpc) is 4.31. The first-order valence-electron chi connectivity index (χ1n) is 25.2. The van der Waals surface area contributed by atoms with Crippen molar-refractivity contribution in [3.05, 3.63) is 137 Å². The number of carbonyl (C=O) groups excluding carboxylic acids is 2. The zero-order valence-corrected chi connectivity index (χ0v) is 45.2. The fraction of sp³-hybridized carbons (Fsp3) is 0.385. The van der Waals surface area contributed by atoms with Crippen molar-refractivity contribution < 1.29 is 37.3 Å². The number of fused-ring (bicyclic) bond motifs is 2. The van der Waals surface area contributed by atoms with E-state index in [0.29, 0.717) is 92.2 Å². The summed E-state index contributed by atoms with van der Waals surface area (Å²) in [5.74, 6) is -1.23. The molecular formula is C52H52F2N14O10S2. The summed E-state index contributed by atoms with van der Waals surface area (Å²) in [6.45, 7) is 4.10. The molecular weight excluding hydrogens is 1080 g/mol. The number of hydrogen-bond acceptors (Lipinski definition) is 18. The van der Waals surface area contributed by atoms with Crippen molar-refractivity contribution >= 4 is 54.9 Å². The van der Waals surface area contributed by atoms with Gasteiger partial charge in [-0.3, -0.25) is 28.3 Å². The molecule has 10 rings (SSSR count). The van der Waals surface area contributed by atoms with Gasteiger partial charge in [-0.25, -0.2) is 27.5 Å². The zero-order chi connectivity index (χ0) is 56.8. The number of aryl methyl sites for hydroxylation is 2. The topological polar surface area (TPSA) is 292 Å². The Kier molecular flexibility index (Phi) is 17.2. The van der Waals surface area contributed by atoms with Crippen LogP contribution < -0.4 is 42.6 Å². The molecule has 2 saturated heterocycles. The van der Waals surface area contributed by atoms with E-state index < -0.39 is 70.2 Å². The van der Waals surface area contributed by atoms with Crippen LogP contribution in [0.1, 0.15) is 85.1 Å². The van der Waals surface area contributed by atoms with Gasteiger partial charge in [0, 0.05) is 35.3 Å². The summed E-state index contributed by atoms with van der Waals surface area (Å²) in [6.07, 6.45) is 6.10. The summed E-state index contributed by atoms with van der Waals surface area (Å²) >= 11 is 2.29. The first-order chi connectivity index (χ1) is 38.7. The van der Waals surface area contributed by atoms with E-state index in [4.69, 9.17) is 29.5 Å². The maximum absolute atomic E-state index is 14.4. The molecule has 0 aliphatic carbocycles. The number of ether oxygens (including phenoxy) is 4. The number of piperidine rings is 2. The largest absolute Gasteiger partial charge is 0.496 e. The van der Waals surface area contributed by atoms with Gasteiger partial charge in [-0.2, -0.15) is 30.9 Å². The average molecular weight is 1140 g/mol. The predicted molar refractivity (Wildman–Crippen MR) is 286 cm³/mol. The monoisotopic (exact) mass is 1130 g/mol. The Morgan fingerprint density at radius 2 is 1.02 bits per heavy atom. The fourth-order valence-corrected chi connectivity index (χ4v) is 12.3. The highest BCUT2D eigenvalue weighted by atomic mass is 32.1. The number of nitrogens with zero attached hydrogens (tertiary/aromatic N) is 12. The summed E-state index contributed by atoms with van der Waals surface area (Å²) in [5, 5.41) is 41.9. The third-order valence-electron chi connectivity index (χ3n) is 13.6. The van der Waals surface area contributed by atoms with Crippen LogP contribution in [0.25, 0.3) is 30.4 Å². The van der Waals surface area contributed by atoms with Crippen LogP contribution in [0.5, 0.6) is 11.5 Å². The van der Waals surface area contributed by atoms with Gasteiger partial charge in [0.05, 0.1) is 101 Å². The Bertz CT molecular complexity index is 3690. The van der Waals surface area contributed by atoms with E-state index >= 15 is 0 Å². The van der Waals surface area contributed by atoms with E-state index in [0.717, 1.165) is 31.8 Å². The van der Waals surface area contributed by atoms with Crippen molar-refractivity contribution in [1.82, 2.24) is 58.9 Å². The number of aromatic nitrogens is 10. The molecule has 2 aromatic carbocycles. The molecule has 24 nitrogen and oxygen atoms in total. The van der Waals surface area contributed by atoms with Crippen LogP contribution in [-0.4, -0.2) is 101 Å². The van der Waals surface area contributed by atoms with Crippen LogP contribution in [0.3, 0.4) is 0 Å². The lowest BCUT2D eigenvalue weighted by atomic mass is 10.1. The van der Waals surface area contributed by atoms with Crippen LogP contribution in [0.2, 0.25) is 0 Å². The fourth-order valence-electron chi connectivity index (χ4n) is 9.83. The van der Waals surface area contributed by atoms with Gasteiger partial charge in [-0.05, 0) is 75.9 Å². The lowest BCUT2D eigenvalue weighted by Crippen LogP contribution is -2.49. The van der Waals surface area contributed by atoms with Crippen molar-refractivity contribution in [2.75, 3.05) is 40.5 Å². The van der Waals surface area contributed by atoms with Crippen molar-refractivity contribution in [1.29, 1.82) is 10.5 Å². The Morgan fingerprint density at radius 1 is 0.637 bits per heavy atom. The highest BCUT2D eigenvalue weighted by molar-refractivity contribution is 7.21. The van der Waals surface area contributed by atoms with E-state index in [1.54, 1.807) is 13.8 Å². The zero-order valence-electron chi connectivity index (χ0n) is 43.6. The molecule has 8 heterocycles. The minimum absolute atomic E-state index is 0.00925. The van der Waals surface area contributed by atoms with E-state index in [2.05, 4.69) is 31.0 Å². The molecule has 416 valence electrons. The number of methoxy groups -OCH3 is 2. The summed E-state index contributed by atoms with van der Waals surface area (Å²) in [7, 11) is 2.86. The molecule has 2 N–H and O–H groups in total. The lowest BCUT2D eigenvalue weighted by Gasteiger charge is -2.25. The Hall–Kier alpha value is -8.70. The molecule has 4 atom stereocenters. The first-order valence-corrected chi connectivity index (χ1v) is 26.8. The molecule has 80 heavy (non-hydrogen) atoms. The molecule has 1 unspecified atom stereocenters. The van der Waals surface area contributed by atoms with Gasteiger partial charge in [0.25, 0.3) is 11.1 Å². The van der Waals surface area contributed by atoms with Gasteiger partial charge in [0.2, 0.25) is 11.8 Å². The number of nitriles is 2. The molecule has 2 fully saturated rings. The number of hydrogen-bond donors (Lipinski definition) is 2. The molecule has 2 aliphatic rings. The summed E-state index contributed by atoms with van der Waals surface area (Å²) in [5.41, 5.74) is -0.830. The molecule has 0 saturated carbocycles. The van der Waals surface area contributed by atoms with Crippen molar-refractivity contribution in [3.8, 4) is 33.6 Å². The standard InChI is InChI=1S/2C26H26FN7O5S/c2*1-15-21-23(36)33(18-5-3-9-29-22(18)35)26(37)32(25(21)40-24(15)34-30-10-11-31-34)14-20(39-12-4-8-28)17-13-16(27)6-7-19(17)38-2/h2*6-7,10-11,13,18,20H,3-5,9,12,14H2,1-2H3,(H,29,35)/t18?,20-;18-,20+/m01/s1. The lowest BCUT2D eigenvalue weighted by molar-refractivity contribution is -0.126. The quantitative estimate of drug-likeness (QED) is 0.109. The normalized spacial score (nSPS) is 16.1. The minimum Gasteiger partial charge on any atom is -0.496 e. The van der Waals surface area contributed by atoms with Crippen molar-refractivity contribution in [2.45, 2.75) is 89.8 Å². The molecule has 8 aromatic rings. The van der Waals surface area contributed by atoms with E-state index in [1.165, 1.54) is 94.1 Å². The second-order valence-corrected chi connectivity index (χ2v) is 20.4. The van der Waals surface area contributed by atoms with Gasteiger partial charge < -0.3 is 29.6 Å². The van der Waals surface area contributed by atoms with Crippen LogP contribution in [0.4, 0.5) is 8.78 Å². The Balaban J connectivity index is 0.000000194. The Labute approximate surface area is 460 Å². The smallest absolute Gasteiger partial charge is 0.332 e. The molecule has 28 heteroatoms. The number of amides is 2. The van der Waals surface area contributed by atoms with Crippen molar-refractivity contribution in [2.24, 2.45) is 0 Å². The minimum atomic E-state index is -0.989. The SMILES string of the molecule is COc1ccc(F)cc1[C@H](Cn1c(=O)n(C2CCCNC2=O)c(=O)c2c(C)c(-n3nccn3)sc21)OCCC#N.COc1ccc(F)cc1[C@H](Cn1c(=O)n([C@@H]2CCCNC2=O)c(=O)c2c(C)c(-n3nccn3)sc21)OCCC#N. The van der Waals surface area contributed by atoms with Gasteiger partial charge in [0.1, 0.15) is 67.1 Å². The highest BCUT2D eigenvalue weighted by Gasteiger charge is 2.34. The molecule has 0 radical (unpaired) electrons. The maximum atomic E-state index is 14.4. The predicted octanol–water partition coefficient (Wildman–Crippen LogP) is 4.77.